The van der Waals surface area contributed by atoms with Crippen molar-refractivity contribution in [3.05, 3.63) is 59.9 Å². The number of para-hydroxylation sites is 1. The largest absolute Gasteiger partial charge is 0.496 e. The predicted octanol–water partition coefficient (Wildman–Crippen LogP) is 3.16. The number of methoxy groups -OCH3 is 1. The fourth-order valence-electron chi connectivity index (χ4n) is 2.81. The number of hydrogen-bond donors (Lipinski definition) is 1. The van der Waals surface area contributed by atoms with Crippen molar-refractivity contribution in [2.45, 2.75) is 25.3 Å². The minimum absolute atomic E-state index is 0.149. The highest BCUT2D eigenvalue weighted by Gasteiger charge is 2.19. The van der Waals surface area contributed by atoms with Crippen LogP contribution in [0, 0.1) is 0 Å². The Bertz CT molecular complexity index is 640. The van der Waals surface area contributed by atoms with Crippen molar-refractivity contribution >= 4 is 5.84 Å². The Labute approximate surface area is 131 Å². The van der Waals surface area contributed by atoms with Gasteiger partial charge in [-0.3, -0.25) is 9.98 Å². The number of rotatable bonds is 5. The van der Waals surface area contributed by atoms with Crippen LogP contribution in [0.4, 0.5) is 0 Å². The molecule has 1 N–H and O–H groups in total. The molecule has 1 aliphatic rings. The lowest BCUT2D eigenvalue weighted by Gasteiger charge is -2.22. The Morgan fingerprint density at radius 1 is 1.18 bits per heavy atom. The molecule has 2 aromatic rings. The summed E-state index contributed by atoms with van der Waals surface area (Å²) in [7, 11) is 1.72. The Kier molecular flexibility index (Phi) is 4.68. The average molecular weight is 295 g/mol. The zero-order valence-electron chi connectivity index (χ0n) is 12.8. The van der Waals surface area contributed by atoms with Gasteiger partial charge in [0.05, 0.1) is 19.0 Å². The van der Waals surface area contributed by atoms with Crippen LogP contribution in [0.25, 0.3) is 0 Å². The summed E-state index contributed by atoms with van der Waals surface area (Å²) in [5.41, 5.74) is 2.41. The molecule has 1 unspecified atom stereocenters. The summed E-state index contributed by atoms with van der Waals surface area (Å²) in [5.74, 6) is 2.01. The van der Waals surface area contributed by atoms with Crippen LogP contribution in [0.15, 0.2) is 53.8 Å². The highest BCUT2D eigenvalue weighted by atomic mass is 16.5. The number of amidine groups is 1. The summed E-state index contributed by atoms with van der Waals surface area (Å²) >= 11 is 0. The molecule has 0 spiro atoms. The standard InChI is InChI=1S/C18H21N3O/c1-22-17-6-3-2-5-15(17)16(21-18-7-4-10-20-18)13-14-8-11-19-12-9-14/h2-3,5-6,8-9,11-12,16H,4,7,10,13H2,1H3,(H,20,21). The van der Waals surface area contributed by atoms with Gasteiger partial charge in [0.25, 0.3) is 0 Å². The summed E-state index contributed by atoms with van der Waals surface area (Å²) < 4.78 is 5.54. The zero-order valence-corrected chi connectivity index (χ0v) is 12.8. The second kappa shape index (κ2) is 7.07. The number of hydrogen-bond acceptors (Lipinski definition) is 4. The van der Waals surface area contributed by atoms with Crippen molar-refractivity contribution in [3.63, 3.8) is 0 Å². The maximum absolute atomic E-state index is 5.54. The van der Waals surface area contributed by atoms with E-state index in [1.54, 1.807) is 7.11 Å². The highest BCUT2D eigenvalue weighted by molar-refractivity contribution is 5.84. The van der Waals surface area contributed by atoms with Crippen LogP contribution < -0.4 is 10.1 Å². The quantitative estimate of drug-likeness (QED) is 0.921. The van der Waals surface area contributed by atoms with Crippen LogP contribution in [-0.2, 0) is 6.42 Å². The number of ether oxygens (including phenoxy) is 1. The third-order valence-electron chi connectivity index (χ3n) is 3.92. The van der Waals surface area contributed by atoms with Crippen molar-refractivity contribution < 1.29 is 4.74 Å². The second-order valence-corrected chi connectivity index (χ2v) is 5.43. The number of pyridine rings is 1. The topological polar surface area (TPSA) is 46.5 Å². The van der Waals surface area contributed by atoms with Gasteiger partial charge in [-0.25, -0.2) is 0 Å². The van der Waals surface area contributed by atoms with E-state index in [1.807, 2.05) is 24.5 Å². The van der Waals surface area contributed by atoms with E-state index in [1.165, 1.54) is 5.56 Å². The summed E-state index contributed by atoms with van der Waals surface area (Å²) in [5, 5.41) is 3.61. The molecule has 0 saturated carbocycles. The second-order valence-electron chi connectivity index (χ2n) is 5.43. The van der Waals surface area contributed by atoms with Gasteiger partial charge in [-0.05, 0) is 36.6 Å². The van der Waals surface area contributed by atoms with Gasteiger partial charge in [-0.2, -0.15) is 0 Å². The number of nitrogens with zero attached hydrogens (tertiary/aromatic N) is 2. The van der Waals surface area contributed by atoms with Gasteiger partial charge in [-0.15, -0.1) is 0 Å². The van der Waals surface area contributed by atoms with Crippen molar-refractivity contribution in [2.24, 2.45) is 4.99 Å². The van der Waals surface area contributed by atoms with Crippen LogP contribution in [-0.4, -0.2) is 24.5 Å². The molecule has 1 atom stereocenters. The average Bonchev–Trinajstić information content (AvgIpc) is 3.08. The molecule has 0 fully saturated rings. The Morgan fingerprint density at radius 3 is 2.73 bits per heavy atom. The molecular weight excluding hydrogens is 274 g/mol. The Hall–Kier alpha value is -2.36. The SMILES string of the molecule is COc1ccccc1C(Cc1ccncc1)NC1=NCCC1. The number of aromatic nitrogens is 1. The number of aliphatic imine (C=N–C) groups is 1. The summed E-state index contributed by atoms with van der Waals surface area (Å²) in [6, 6.07) is 12.4. The molecule has 4 nitrogen and oxygen atoms in total. The summed E-state index contributed by atoms with van der Waals surface area (Å²) in [6.45, 7) is 0.927. The van der Waals surface area contributed by atoms with Crippen LogP contribution in [0.2, 0.25) is 0 Å². The molecule has 3 rings (SSSR count). The van der Waals surface area contributed by atoms with Crippen LogP contribution in [0.5, 0.6) is 5.75 Å². The van der Waals surface area contributed by atoms with Gasteiger partial charge in [-0.1, -0.05) is 18.2 Å². The normalized spacial score (nSPS) is 15.2. The monoisotopic (exact) mass is 295 g/mol. The lowest BCUT2D eigenvalue weighted by Crippen LogP contribution is -2.29. The first-order valence-electron chi connectivity index (χ1n) is 7.68. The van der Waals surface area contributed by atoms with Gasteiger partial charge in [0, 0.05) is 30.9 Å². The Morgan fingerprint density at radius 2 is 2.00 bits per heavy atom. The van der Waals surface area contributed by atoms with Gasteiger partial charge in [0.15, 0.2) is 0 Å². The first kappa shape index (κ1) is 14.6. The molecule has 1 aromatic carbocycles. The maximum atomic E-state index is 5.54. The van der Waals surface area contributed by atoms with E-state index < -0.39 is 0 Å². The van der Waals surface area contributed by atoms with E-state index in [0.29, 0.717) is 0 Å². The third-order valence-corrected chi connectivity index (χ3v) is 3.92. The minimum Gasteiger partial charge on any atom is -0.496 e. The number of nitrogens with one attached hydrogen (secondary N) is 1. The molecule has 114 valence electrons. The molecule has 2 heterocycles. The maximum Gasteiger partial charge on any atom is 0.124 e. The molecule has 1 aliphatic heterocycles. The van der Waals surface area contributed by atoms with Crippen LogP contribution in [0.1, 0.15) is 30.0 Å². The summed E-state index contributed by atoms with van der Waals surface area (Å²) in [6.07, 6.45) is 6.71. The van der Waals surface area contributed by atoms with Gasteiger partial charge < -0.3 is 10.1 Å². The molecule has 0 aliphatic carbocycles. The van der Waals surface area contributed by atoms with E-state index in [4.69, 9.17) is 4.74 Å². The van der Waals surface area contributed by atoms with Gasteiger partial charge >= 0.3 is 0 Å². The van der Waals surface area contributed by atoms with E-state index in [0.717, 1.165) is 43.0 Å². The van der Waals surface area contributed by atoms with E-state index >= 15 is 0 Å². The smallest absolute Gasteiger partial charge is 0.124 e. The molecule has 0 amide bonds. The third kappa shape index (κ3) is 3.45. The van der Waals surface area contributed by atoms with Crippen molar-refractivity contribution in [1.29, 1.82) is 0 Å². The van der Waals surface area contributed by atoms with E-state index in [-0.39, 0.29) is 6.04 Å². The first-order valence-corrected chi connectivity index (χ1v) is 7.68. The first-order chi connectivity index (χ1) is 10.9. The van der Waals surface area contributed by atoms with Gasteiger partial charge in [0.1, 0.15) is 5.75 Å². The summed E-state index contributed by atoms with van der Waals surface area (Å²) in [4.78, 5) is 8.64. The zero-order chi connectivity index (χ0) is 15.2. The number of benzene rings is 1. The van der Waals surface area contributed by atoms with Crippen LogP contribution >= 0.6 is 0 Å². The molecule has 1 aromatic heterocycles. The highest BCUT2D eigenvalue weighted by Crippen LogP contribution is 2.28. The van der Waals surface area contributed by atoms with Crippen molar-refractivity contribution in [3.8, 4) is 5.75 Å². The molecule has 22 heavy (non-hydrogen) atoms. The lowest BCUT2D eigenvalue weighted by atomic mass is 9.98. The molecular formula is C18H21N3O. The predicted molar refractivity (Wildman–Crippen MR) is 88.3 cm³/mol. The minimum atomic E-state index is 0.149. The fraction of sp³-hybridized carbons (Fsp3) is 0.333. The van der Waals surface area contributed by atoms with Crippen molar-refractivity contribution in [2.75, 3.05) is 13.7 Å². The van der Waals surface area contributed by atoms with Crippen molar-refractivity contribution in [1.82, 2.24) is 10.3 Å². The molecule has 4 heteroatoms. The Balaban J connectivity index is 1.87. The molecule has 0 radical (unpaired) electrons. The van der Waals surface area contributed by atoms with E-state index in [9.17, 15) is 0 Å². The molecule has 0 saturated heterocycles. The van der Waals surface area contributed by atoms with Crippen LogP contribution in [0.3, 0.4) is 0 Å². The van der Waals surface area contributed by atoms with E-state index in [2.05, 4.69) is 39.6 Å². The lowest BCUT2D eigenvalue weighted by molar-refractivity contribution is 0.403. The van der Waals surface area contributed by atoms with Gasteiger partial charge in [0.2, 0.25) is 0 Å². The molecule has 0 bridgehead atoms. The fourth-order valence-corrected chi connectivity index (χ4v) is 2.81.